The molecule has 122 valence electrons. The second-order valence-corrected chi connectivity index (χ2v) is 5.26. The Morgan fingerprint density at radius 2 is 1.87 bits per heavy atom. The van der Waals surface area contributed by atoms with Gasteiger partial charge >= 0.3 is 11.8 Å². The summed E-state index contributed by atoms with van der Waals surface area (Å²) in [5.41, 5.74) is 0.726. The van der Waals surface area contributed by atoms with E-state index in [2.05, 4.69) is 10.6 Å². The van der Waals surface area contributed by atoms with E-state index in [1.165, 1.54) is 6.26 Å². The Kier molecular flexibility index (Phi) is 6.19. The number of aliphatic hydroxyl groups is 1. The number of hydrogen-bond acceptors (Lipinski definition) is 4. The largest absolute Gasteiger partial charge is 0.467 e. The van der Waals surface area contributed by atoms with Gasteiger partial charge in [0.1, 0.15) is 11.9 Å². The average Bonchev–Trinajstić information content (AvgIpc) is 3.08. The summed E-state index contributed by atoms with van der Waals surface area (Å²) in [5.74, 6) is -1.09. The predicted octanol–water partition coefficient (Wildman–Crippen LogP) is 1.79. The highest BCUT2D eigenvalue weighted by Crippen LogP contribution is 2.16. The number of carbonyl (C=O) groups excluding carboxylic acids is 2. The minimum absolute atomic E-state index is 0.153. The van der Waals surface area contributed by atoms with Crippen molar-refractivity contribution in [2.75, 3.05) is 6.54 Å². The fourth-order valence-corrected chi connectivity index (χ4v) is 2.13. The molecule has 0 saturated heterocycles. The van der Waals surface area contributed by atoms with Crippen LogP contribution >= 0.6 is 11.6 Å². The summed E-state index contributed by atoms with van der Waals surface area (Å²) in [4.78, 5) is 23.3. The summed E-state index contributed by atoms with van der Waals surface area (Å²) in [6, 6.07) is 10.4. The van der Waals surface area contributed by atoms with E-state index in [0.717, 1.165) is 5.56 Å². The fraction of sp³-hybridized carbons (Fsp3) is 0.250. The topological polar surface area (TPSA) is 91.6 Å². The van der Waals surface area contributed by atoms with Gasteiger partial charge in [-0.2, -0.15) is 0 Å². The van der Waals surface area contributed by atoms with Gasteiger partial charge in [0.05, 0.1) is 6.26 Å². The zero-order chi connectivity index (χ0) is 16.7. The molecule has 0 aliphatic heterocycles. The standard InChI is InChI=1S/C16H17ClN2O4/c17-12-5-2-1-4-11(12)10-19-16(22)15(21)18-8-7-13(20)14-6-3-9-23-14/h1-6,9,13,20H,7-8,10H2,(H,18,21)(H,19,22)/t13-/m0/s1. The molecule has 1 aromatic heterocycles. The highest BCUT2D eigenvalue weighted by molar-refractivity contribution is 6.35. The van der Waals surface area contributed by atoms with Crippen LogP contribution in [0.4, 0.5) is 0 Å². The van der Waals surface area contributed by atoms with Crippen molar-refractivity contribution in [3.8, 4) is 0 Å². The van der Waals surface area contributed by atoms with Crippen molar-refractivity contribution >= 4 is 23.4 Å². The third kappa shape index (κ3) is 5.12. The Balaban J connectivity index is 1.71. The Labute approximate surface area is 138 Å². The molecule has 0 spiro atoms. The lowest BCUT2D eigenvalue weighted by Gasteiger charge is -2.09. The Hall–Kier alpha value is -2.31. The van der Waals surface area contributed by atoms with Crippen LogP contribution in [-0.4, -0.2) is 23.5 Å². The van der Waals surface area contributed by atoms with E-state index in [-0.39, 0.29) is 19.5 Å². The van der Waals surface area contributed by atoms with Crippen LogP contribution in [0.2, 0.25) is 5.02 Å². The number of halogens is 1. The maximum absolute atomic E-state index is 11.7. The number of amides is 2. The molecule has 2 amide bonds. The molecule has 0 unspecified atom stereocenters. The van der Waals surface area contributed by atoms with Crippen molar-refractivity contribution in [3.05, 3.63) is 59.0 Å². The van der Waals surface area contributed by atoms with Crippen LogP contribution in [0.3, 0.4) is 0 Å². The van der Waals surface area contributed by atoms with Gasteiger partial charge in [0, 0.05) is 18.1 Å². The van der Waals surface area contributed by atoms with Gasteiger partial charge < -0.3 is 20.2 Å². The van der Waals surface area contributed by atoms with Gasteiger partial charge in [-0.3, -0.25) is 9.59 Å². The lowest BCUT2D eigenvalue weighted by Crippen LogP contribution is -2.40. The molecule has 1 heterocycles. The number of rotatable bonds is 6. The van der Waals surface area contributed by atoms with Gasteiger partial charge in [-0.15, -0.1) is 0 Å². The molecule has 3 N–H and O–H groups in total. The van der Waals surface area contributed by atoms with Crippen LogP contribution in [0.5, 0.6) is 0 Å². The summed E-state index contributed by atoms with van der Waals surface area (Å²) >= 11 is 5.97. The smallest absolute Gasteiger partial charge is 0.309 e. The van der Waals surface area contributed by atoms with E-state index in [0.29, 0.717) is 10.8 Å². The normalized spacial score (nSPS) is 11.7. The average molecular weight is 337 g/mol. The molecular formula is C16H17ClN2O4. The predicted molar refractivity (Wildman–Crippen MR) is 84.6 cm³/mol. The molecule has 1 atom stereocenters. The number of carbonyl (C=O) groups is 2. The molecule has 0 saturated carbocycles. The summed E-state index contributed by atoms with van der Waals surface area (Å²) < 4.78 is 5.04. The van der Waals surface area contributed by atoms with Crippen molar-refractivity contribution in [1.82, 2.24) is 10.6 Å². The zero-order valence-electron chi connectivity index (χ0n) is 12.3. The third-order valence-corrected chi connectivity index (χ3v) is 3.55. The lowest BCUT2D eigenvalue weighted by molar-refractivity contribution is -0.139. The van der Waals surface area contributed by atoms with Crippen LogP contribution in [0, 0.1) is 0 Å². The summed E-state index contributed by atoms with van der Waals surface area (Å²) in [7, 11) is 0. The summed E-state index contributed by atoms with van der Waals surface area (Å²) in [5, 5.41) is 15.2. The van der Waals surface area contributed by atoms with Crippen molar-refractivity contribution < 1.29 is 19.1 Å². The fourth-order valence-electron chi connectivity index (χ4n) is 1.92. The highest BCUT2D eigenvalue weighted by Gasteiger charge is 2.15. The van der Waals surface area contributed by atoms with E-state index in [1.54, 1.807) is 36.4 Å². The summed E-state index contributed by atoms with van der Waals surface area (Å²) in [6.07, 6.45) is 0.882. The van der Waals surface area contributed by atoms with Gasteiger partial charge in [0.2, 0.25) is 0 Å². The zero-order valence-corrected chi connectivity index (χ0v) is 13.0. The third-order valence-electron chi connectivity index (χ3n) is 3.18. The molecule has 6 nitrogen and oxygen atoms in total. The van der Waals surface area contributed by atoms with E-state index in [4.69, 9.17) is 16.0 Å². The van der Waals surface area contributed by atoms with E-state index in [1.807, 2.05) is 0 Å². The molecule has 0 fully saturated rings. The number of benzene rings is 1. The molecule has 2 aromatic rings. The van der Waals surface area contributed by atoms with Crippen molar-refractivity contribution in [3.63, 3.8) is 0 Å². The first-order valence-electron chi connectivity index (χ1n) is 7.09. The second kappa shape index (κ2) is 8.36. The van der Waals surface area contributed by atoms with E-state index < -0.39 is 17.9 Å². The van der Waals surface area contributed by atoms with E-state index in [9.17, 15) is 14.7 Å². The molecule has 0 aliphatic rings. The van der Waals surface area contributed by atoms with Gasteiger partial charge in [-0.1, -0.05) is 29.8 Å². The van der Waals surface area contributed by atoms with Crippen molar-refractivity contribution in [2.45, 2.75) is 19.1 Å². The summed E-state index contributed by atoms with van der Waals surface area (Å²) in [6.45, 7) is 0.321. The van der Waals surface area contributed by atoms with Crippen LogP contribution < -0.4 is 10.6 Å². The Bertz CT molecular complexity index is 658. The molecule has 0 bridgehead atoms. The molecule has 2 rings (SSSR count). The number of furan rings is 1. The van der Waals surface area contributed by atoms with Crippen LogP contribution in [-0.2, 0) is 16.1 Å². The first kappa shape index (κ1) is 17.1. The minimum Gasteiger partial charge on any atom is -0.467 e. The van der Waals surface area contributed by atoms with Crippen LogP contribution in [0.25, 0.3) is 0 Å². The molecule has 7 heteroatoms. The molecule has 23 heavy (non-hydrogen) atoms. The lowest BCUT2D eigenvalue weighted by atomic mass is 10.2. The quantitative estimate of drug-likeness (QED) is 0.701. The van der Waals surface area contributed by atoms with Crippen molar-refractivity contribution in [2.24, 2.45) is 0 Å². The van der Waals surface area contributed by atoms with Gasteiger partial charge in [-0.05, 0) is 30.2 Å². The molecule has 1 aromatic carbocycles. The number of aliphatic hydroxyl groups excluding tert-OH is 1. The van der Waals surface area contributed by atoms with Gasteiger partial charge in [-0.25, -0.2) is 0 Å². The highest BCUT2D eigenvalue weighted by atomic mass is 35.5. The maximum Gasteiger partial charge on any atom is 0.309 e. The SMILES string of the molecule is O=C(NCC[C@H](O)c1ccco1)C(=O)NCc1ccccc1Cl. The number of nitrogens with one attached hydrogen (secondary N) is 2. The van der Waals surface area contributed by atoms with Crippen LogP contribution in [0.15, 0.2) is 47.1 Å². The minimum atomic E-state index is -0.823. The first-order valence-corrected chi connectivity index (χ1v) is 7.46. The van der Waals surface area contributed by atoms with Gasteiger partial charge in [0.25, 0.3) is 0 Å². The Morgan fingerprint density at radius 3 is 2.57 bits per heavy atom. The van der Waals surface area contributed by atoms with Crippen LogP contribution in [0.1, 0.15) is 23.8 Å². The first-order chi connectivity index (χ1) is 11.1. The maximum atomic E-state index is 11.7. The number of hydrogen-bond donors (Lipinski definition) is 3. The molecule has 0 aliphatic carbocycles. The van der Waals surface area contributed by atoms with E-state index >= 15 is 0 Å². The Morgan fingerprint density at radius 1 is 1.13 bits per heavy atom. The molecule has 0 radical (unpaired) electrons. The monoisotopic (exact) mass is 336 g/mol. The molecular weight excluding hydrogens is 320 g/mol. The van der Waals surface area contributed by atoms with Crippen molar-refractivity contribution in [1.29, 1.82) is 0 Å². The second-order valence-electron chi connectivity index (χ2n) is 4.85. The van der Waals surface area contributed by atoms with Gasteiger partial charge in [0.15, 0.2) is 0 Å².